The topological polar surface area (TPSA) is 62.2 Å². The second-order valence-electron chi connectivity index (χ2n) is 6.81. The van der Waals surface area contributed by atoms with E-state index >= 15 is 0 Å². The standard InChI is InChI=1S/C17H21N5OS/c1-10-4-18-9-19-16(10)21-5-13-7-22(8-14(13)6-21)17(23)15-11(2)20-12(3)24-15/h4,9,13-14H,5-8H2,1-3H3. The number of fused-ring (bicyclic) bond motifs is 1. The Morgan fingerprint density at radius 1 is 1.17 bits per heavy atom. The van der Waals surface area contributed by atoms with Gasteiger partial charge in [0.25, 0.3) is 5.91 Å². The van der Waals surface area contributed by atoms with Gasteiger partial charge < -0.3 is 9.80 Å². The van der Waals surface area contributed by atoms with Gasteiger partial charge in [0.2, 0.25) is 0 Å². The van der Waals surface area contributed by atoms with Crippen LogP contribution in [0.25, 0.3) is 0 Å². The third kappa shape index (κ3) is 2.56. The number of hydrogen-bond acceptors (Lipinski definition) is 6. The number of rotatable bonds is 2. The van der Waals surface area contributed by atoms with Crippen LogP contribution in [-0.2, 0) is 0 Å². The van der Waals surface area contributed by atoms with Crippen molar-refractivity contribution < 1.29 is 4.79 Å². The summed E-state index contributed by atoms with van der Waals surface area (Å²) in [6.45, 7) is 9.53. The molecule has 0 bridgehead atoms. The minimum Gasteiger partial charge on any atom is -0.356 e. The van der Waals surface area contributed by atoms with E-state index in [0.717, 1.165) is 53.1 Å². The number of aryl methyl sites for hydroxylation is 3. The molecule has 2 aromatic rings. The highest BCUT2D eigenvalue weighted by Crippen LogP contribution is 2.35. The first-order valence-electron chi connectivity index (χ1n) is 8.27. The second-order valence-corrected chi connectivity index (χ2v) is 8.02. The highest BCUT2D eigenvalue weighted by molar-refractivity contribution is 7.13. The van der Waals surface area contributed by atoms with Crippen molar-refractivity contribution in [2.45, 2.75) is 20.8 Å². The van der Waals surface area contributed by atoms with Crippen LogP contribution in [0.3, 0.4) is 0 Å². The molecule has 6 nitrogen and oxygen atoms in total. The lowest BCUT2D eigenvalue weighted by atomic mass is 10.0. The lowest BCUT2D eigenvalue weighted by Gasteiger charge is -2.23. The van der Waals surface area contributed by atoms with Gasteiger partial charge in [-0.15, -0.1) is 11.3 Å². The summed E-state index contributed by atoms with van der Waals surface area (Å²) in [5.74, 6) is 2.23. The number of aromatic nitrogens is 3. The summed E-state index contributed by atoms with van der Waals surface area (Å²) in [4.78, 5) is 30.8. The Bertz CT molecular complexity index is 775. The zero-order valence-electron chi connectivity index (χ0n) is 14.2. The number of amides is 1. The maximum absolute atomic E-state index is 12.8. The van der Waals surface area contributed by atoms with Gasteiger partial charge in [-0.3, -0.25) is 4.79 Å². The van der Waals surface area contributed by atoms with E-state index in [1.165, 1.54) is 11.3 Å². The fraction of sp³-hybridized carbons (Fsp3) is 0.529. The first-order valence-corrected chi connectivity index (χ1v) is 9.09. The largest absolute Gasteiger partial charge is 0.356 e. The average molecular weight is 343 g/mol. The minimum atomic E-state index is 0.150. The number of likely N-dealkylation sites (tertiary alicyclic amines) is 1. The van der Waals surface area contributed by atoms with Gasteiger partial charge in [0.15, 0.2) is 0 Å². The molecule has 4 rings (SSSR count). The molecular weight excluding hydrogens is 322 g/mol. The average Bonchev–Trinajstić information content (AvgIpc) is 3.19. The van der Waals surface area contributed by atoms with Crippen LogP contribution in [0.2, 0.25) is 0 Å². The van der Waals surface area contributed by atoms with Crippen LogP contribution in [-0.4, -0.2) is 51.9 Å². The van der Waals surface area contributed by atoms with Crippen molar-refractivity contribution in [3.05, 3.63) is 33.7 Å². The van der Waals surface area contributed by atoms with Gasteiger partial charge in [0.05, 0.1) is 10.7 Å². The first-order chi connectivity index (χ1) is 11.5. The highest BCUT2D eigenvalue weighted by Gasteiger charge is 2.42. The highest BCUT2D eigenvalue weighted by atomic mass is 32.1. The fourth-order valence-corrected chi connectivity index (χ4v) is 4.82. The summed E-state index contributed by atoms with van der Waals surface area (Å²) in [6.07, 6.45) is 3.47. The summed E-state index contributed by atoms with van der Waals surface area (Å²) in [7, 11) is 0. The Hall–Kier alpha value is -2.02. The van der Waals surface area contributed by atoms with E-state index in [4.69, 9.17) is 0 Å². The molecule has 2 aromatic heterocycles. The zero-order chi connectivity index (χ0) is 16.8. The molecule has 2 aliphatic heterocycles. The summed E-state index contributed by atoms with van der Waals surface area (Å²) in [5, 5.41) is 0.959. The number of carbonyl (C=O) groups excluding carboxylic acids is 1. The van der Waals surface area contributed by atoms with Crippen LogP contribution in [0.5, 0.6) is 0 Å². The third-order valence-electron chi connectivity index (χ3n) is 5.04. The van der Waals surface area contributed by atoms with Gasteiger partial charge in [-0.25, -0.2) is 15.0 Å². The second kappa shape index (κ2) is 5.81. The lowest BCUT2D eigenvalue weighted by molar-refractivity contribution is 0.0786. The number of thiazole rings is 1. The Balaban J connectivity index is 1.46. The number of anilines is 1. The van der Waals surface area contributed by atoms with Gasteiger partial charge in [-0.1, -0.05) is 0 Å². The summed E-state index contributed by atoms with van der Waals surface area (Å²) in [5.41, 5.74) is 1.97. The molecule has 4 heterocycles. The third-order valence-corrected chi connectivity index (χ3v) is 6.10. The molecule has 2 unspecified atom stereocenters. The predicted octanol–water partition coefficient (Wildman–Crippen LogP) is 2.07. The Kier molecular flexibility index (Phi) is 3.75. The zero-order valence-corrected chi connectivity index (χ0v) is 15.0. The normalized spacial score (nSPS) is 23.0. The predicted molar refractivity (Wildman–Crippen MR) is 93.5 cm³/mol. The number of hydrogen-bond donors (Lipinski definition) is 0. The van der Waals surface area contributed by atoms with Crippen molar-refractivity contribution >= 4 is 23.1 Å². The van der Waals surface area contributed by atoms with E-state index in [0.29, 0.717) is 11.8 Å². The van der Waals surface area contributed by atoms with Crippen molar-refractivity contribution in [2.75, 3.05) is 31.1 Å². The van der Waals surface area contributed by atoms with Crippen molar-refractivity contribution in [1.82, 2.24) is 19.9 Å². The molecule has 126 valence electrons. The van der Waals surface area contributed by atoms with Crippen LogP contribution in [0, 0.1) is 32.6 Å². The smallest absolute Gasteiger partial charge is 0.265 e. The van der Waals surface area contributed by atoms with E-state index in [9.17, 15) is 4.79 Å². The van der Waals surface area contributed by atoms with Crippen LogP contribution >= 0.6 is 11.3 Å². The van der Waals surface area contributed by atoms with Crippen molar-refractivity contribution in [2.24, 2.45) is 11.8 Å². The molecule has 2 aliphatic rings. The maximum atomic E-state index is 12.8. The molecule has 0 radical (unpaired) electrons. The molecule has 7 heteroatoms. The van der Waals surface area contributed by atoms with E-state index < -0.39 is 0 Å². The summed E-state index contributed by atoms with van der Waals surface area (Å²) in [6, 6.07) is 0. The molecule has 2 fully saturated rings. The van der Waals surface area contributed by atoms with Crippen molar-refractivity contribution in [3.8, 4) is 0 Å². The minimum absolute atomic E-state index is 0.150. The van der Waals surface area contributed by atoms with Gasteiger partial charge >= 0.3 is 0 Å². The maximum Gasteiger partial charge on any atom is 0.265 e. The van der Waals surface area contributed by atoms with E-state index in [1.807, 2.05) is 31.9 Å². The lowest BCUT2D eigenvalue weighted by Crippen LogP contribution is -2.33. The molecule has 2 atom stereocenters. The molecule has 0 spiro atoms. The summed E-state index contributed by atoms with van der Waals surface area (Å²) >= 11 is 1.51. The number of nitrogens with zero attached hydrogens (tertiary/aromatic N) is 5. The SMILES string of the molecule is Cc1nc(C)c(C(=O)N2CC3CN(c4ncncc4C)CC3C2)s1. The molecule has 0 aromatic carbocycles. The van der Waals surface area contributed by atoms with Crippen LogP contribution < -0.4 is 4.90 Å². The molecular formula is C17H21N5OS. The quantitative estimate of drug-likeness (QED) is 0.835. The van der Waals surface area contributed by atoms with Crippen molar-refractivity contribution in [1.29, 1.82) is 0 Å². The van der Waals surface area contributed by atoms with Gasteiger partial charge in [0, 0.05) is 49.8 Å². The van der Waals surface area contributed by atoms with Crippen LogP contribution in [0.1, 0.15) is 25.9 Å². The van der Waals surface area contributed by atoms with Gasteiger partial charge in [-0.2, -0.15) is 0 Å². The Morgan fingerprint density at radius 2 is 1.88 bits per heavy atom. The van der Waals surface area contributed by atoms with E-state index in [2.05, 4.69) is 19.9 Å². The molecule has 0 N–H and O–H groups in total. The van der Waals surface area contributed by atoms with Crippen LogP contribution in [0.15, 0.2) is 12.5 Å². The first kappa shape index (κ1) is 15.5. The monoisotopic (exact) mass is 343 g/mol. The van der Waals surface area contributed by atoms with Crippen LogP contribution in [0.4, 0.5) is 5.82 Å². The fourth-order valence-electron chi connectivity index (χ4n) is 3.93. The number of carbonyl (C=O) groups is 1. The van der Waals surface area contributed by atoms with Gasteiger partial charge in [0.1, 0.15) is 17.0 Å². The molecule has 1 amide bonds. The van der Waals surface area contributed by atoms with Crippen molar-refractivity contribution in [3.63, 3.8) is 0 Å². The Labute approximate surface area is 145 Å². The van der Waals surface area contributed by atoms with E-state index in [1.54, 1.807) is 6.33 Å². The molecule has 24 heavy (non-hydrogen) atoms. The van der Waals surface area contributed by atoms with E-state index in [-0.39, 0.29) is 5.91 Å². The molecule has 2 saturated heterocycles. The summed E-state index contributed by atoms with van der Waals surface area (Å²) < 4.78 is 0. The molecule has 0 aliphatic carbocycles. The Morgan fingerprint density at radius 3 is 2.46 bits per heavy atom. The molecule has 0 saturated carbocycles. The van der Waals surface area contributed by atoms with Gasteiger partial charge in [-0.05, 0) is 20.8 Å².